The summed E-state index contributed by atoms with van der Waals surface area (Å²) in [5.41, 5.74) is -0.299. The summed E-state index contributed by atoms with van der Waals surface area (Å²) in [6, 6.07) is 15.3. The Morgan fingerprint density at radius 3 is 2.50 bits per heavy atom. The van der Waals surface area contributed by atoms with Crippen molar-refractivity contribution in [3.05, 3.63) is 95.3 Å². The van der Waals surface area contributed by atoms with Crippen LogP contribution in [0.25, 0.3) is 11.1 Å². The highest BCUT2D eigenvalue weighted by Gasteiger charge is 2.54. The van der Waals surface area contributed by atoms with Gasteiger partial charge in [0.25, 0.3) is 12.3 Å². The maximum atomic E-state index is 15.7. The Bertz CT molecular complexity index is 1340. The second kappa shape index (κ2) is 10.4. The van der Waals surface area contributed by atoms with Gasteiger partial charge in [-0.25, -0.2) is 22.4 Å². The molecule has 0 aliphatic carbocycles. The largest absolute Gasteiger partial charge is 0.445 e. The van der Waals surface area contributed by atoms with Crippen LogP contribution in [-0.4, -0.2) is 48.0 Å². The zero-order valence-electron chi connectivity index (χ0n) is 20.1. The predicted octanol–water partition coefficient (Wildman–Crippen LogP) is 4.91. The molecule has 2 saturated heterocycles. The molecule has 3 atom stereocenters. The molecule has 3 aromatic carbocycles. The molecule has 10 heteroatoms. The number of nitrogens with zero attached hydrogens (tertiary/aromatic N) is 1. The van der Waals surface area contributed by atoms with Gasteiger partial charge in [-0.3, -0.25) is 4.79 Å². The highest BCUT2D eigenvalue weighted by molar-refractivity contribution is 5.81. The maximum Gasteiger partial charge on any atom is 0.410 e. The van der Waals surface area contributed by atoms with Crippen molar-refractivity contribution in [2.75, 3.05) is 13.2 Å². The number of rotatable bonds is 5. The lowest BCUT2D eigenvalue weighted by molar-refractivity contribution is -0.163. The Hall–Kier alpha value is -3.92. The van der Waals surface area contributed by atoms with E-state index in [1.165, 1.54) is 23.1 Å². The van der Waals surface area contributed by atoms with Gasteiger partial charge in [-0.15, -0.1) is 0 Å². The van der Waals surface area contributed by atoms with Gasteiger partial charge >= 0.3 is 6.09 Å². The topological polar surface area (TPSA) is 67.9 Å². The van der Waals surface area contributed by atoms with Crippen LogP contribution in [0.5, 0.6) is 0 Å². The summed E-state index contributed by atoms with van der Waals surface area (Å²) >= 11 is 0. The monoisotopic (exact) mass is 528 g/mol. The molecule has 2 amide bonds. The molecule has 198 valence electrons. The predicted molar refractivity (Wildman–Crippen MR) is 129 cm³/mol. The van der Waals surface area contributed by atoms with E-state index in [4.69, 9.17) is 9.47 Å². The summed E-state index contributed by atoms with van der Waals surface area (Å²) in [4.78, 5) is 26.7. The van der Waals surface area contributed by atoms with E-state index in [0.29, 0.717) is 6.07 Å². The van der Waals surface area contributed by atoms with Gasteiger partial charge in [-0.1, -0.05) is 48.5 Å². The van der Waals surface area contributed by atoms with E-state index in [-0.39, 0.29) is 49.3 Å². The Morgan fingerprint density at radius 2 is 1.79 bits per heavy atom. The quantitative estimate of drug-likeness (QED) is 0.479. The van der Waals surface area contributed by atoms with E-state index in [0.717, 1.165) is 17.7 Å². The number of hydrogen-bond acceptors (Lipinski definition) is 4. The SMILES string of the molecule is O=C1NC2(CCN(C(=O)OCc3ccccc3)C2Cc2cccc(-c3cc(F)cc(F)c3)c2F)COC1F. The number of morpholine rings is 1. The van der Waals surface area contributed by atoms with Crippen LogP contribution in [0.3, 0.4) is 0 Å². The average Bonchev–Trinajstić information content (AvgIpc) is 3.23. The Labute approximate surface area is 216 Å². The smallest absolute Gasteiger partial charge is 0.410 e. The van der Waals surface area contributed by atoms with E-state index in [2.05, 4.69) is 5.32 Å². The maximum absolute atomic E-state index is 15.7. The van der Waals surface area contributed by atoms with Gasteiger partial charge in [0.2, 0.25) is 0 Å². The third kappa shape index (κ3) is 5.08. The van der Waals surface area contributed by atoms with Gasteiger partial charge in [0.1, 0.15) is 24.1 Å². The van der Waals surface area contributed by atoms with Crippen molar-refractivity contribution < 1.29 is 36.6 Å². The zero-order valence-corrected chi connectivity index (χ0v) is 20.1. The Balaban J connectivity index is 1.45. The number of amides is 2. The fourth-order valence-electron chi connectivity index (χ4n) is 5.09. The number of halogens is 4. The van der Waals surface area contributed by atoms with Crippen LogP contribution >= 0.6 is 0 Å². The summed E-state index contributed by atoms with van der Waals surface area (Å²) in [6.07, 6.45) is -2.70. The minimum atomic E-state index is -2.15. The van der Waals surface area contributed by atoms with E-state index < -0.39 is 47.4 Å². The number of ether oxygens (including phenoxy) is 2. The molecule has 1 N–H and O–H groups in total. The molecule has 0 bridgehead atoms. The van der Waals surface area contributed by atoms with Crippen molar-refractivity contribution >= 4 is 12.0 Å². The summed E-state index contributed by atoms with van der Waals surface area (Å²) in [7, 11) is 0. The zero-order chi connectivity index (χ0) is 26.9. The second-order valence-corrected chi connectivity index (χ2v) is 9.41. The number of carbonyl (C=O) groups excluding carboxylic acids is 2. The minimum absolute atomic E-state index is 0.000286. The third-order valence-corrected chi connectivity index (χ3v) is 6.98. The van der Waals surface area contributed by atoms with Crippen molar-refractivity contribution in [2.24, 2.45) is 0 Å². The summed E-state index contributed by atoms with van der Waals surface area (Å²) in [5, 5.41) is 2.64. The van der Waals surface area contributed by atoms with Crippen LogP contribution < -0.4 is 5.32 Å². The molecule has 0 aromatic heterocycles. The summed E-state index contributed by atoms with van der Waals surface area (Å²) < 4.78 is 67.7. The van der Waals surface area contributed by atoms with Crippen molar-refractivity contribution in [3.63, 3.8) is 0 Å². The van der Waals surface area contributed by atoms with E-state index in [9.17, 15) is 22.8 Å². The molecular weight excluding hydrogens is 504 g/mol. The average molecular weight is 529 g/mol. The molecule has 2 fully saturated rings. The van der Waals surface area contributed by atoms with Crippen LogP contribution in [-0.2, 0) is 27.3 Å². The molecule has 1 spiro atoms. The number of benzene rings is 3. The van der Waals surface area contributed by atoms with Crippen LogP contribution in [0.4, 0.5) is 22.4 Å². The lowest BCUT2D eigenvalue weighted by Gasteiger charge is -2.41. The third-order valence-electron chi connectivity index (χ3n) is 6.98. The Kier molecular flexibility index (Phi) is 7.07. The molecule has 3 unspecified atom stereocenters. The van der Waals surface area contributed by atoms with Crippen LogP contribution in [0.1, 0.15) is 17.5 Å². The molecular formula is C28H24F4N2O4. The minimum Gasteiger partial charge on any atom is -0.445 e. The number of likely N-dealkylation sites (tertiary alicyclic amines) is 1. The standard InChI is InChI=1S/C28H24F4N2O4/c29-20-11-19(12-21(30)14-20)22-8-4-7-18(24(22)31)13-23-28(16-38-25(32)26(35)33-28)9-10-34(23)27(36)37-15-17-5-2-1-3-6-17/h1-8,11-12,14,23,25H,9-10,13,15-16H2,(H,33,35). The van der Waals surface area contributed by atoms with Gasteiger partial charge < -0.3 is 19.7 Å². The molecule has 0 saturated carbocycles. The van der Waals surface area contributed by atoms with Crippen molar-refractivity contribution in [1.29, 1.82) is 0 Å². The molecule has 2 aliphatic heterocycles. The fraction of sp³-hybridized carbons (Fsp3) is 0.286. The number of alkyl halides is 1. The van der Waals surface area contributed by atoms with Crippen LogP contribution in [0.2, 0.25) is 0 Å². The van der Waals surface area contributed by atoms with E-state index in [1.54, 1.807) is 24.3 Å². The highest BCUT2D eigenvalue weighted by atomic mass is 19.2. The van der Waals surface area contributed by atoms with Crippen LogP contribution in [0, 0.1) is 17.5 Å². The first-order chi connectivity index (χ1) is 18.3. The number of carbonyl (C=O) groups is 2. The van der Waals surface area contributed by atoms with E-state index in [1.807, 2.05) is 6.07 Å². The van der Waals surface area contributed by atoms with Crippen molar-refractivity contribution in [3.8, 4) is 11.1 Å². The van der Waals surface area contributed by atoms with E-state index >= 15 is 4.39 Å². The van der Waals surface area contributed by atoms with Crippen molar-refractivity contribution in [2.45, 2.75) is 37.4 Å². The van der Waals surface area contributed by atoms with Crippen molar-refractivity contribution in [1.82, 2.24) is 10.2 Å². The van der Waals surface area contributed by atoms with Gasteiger partial charge in [0, 0.05) is 18.2 Å². The van der Waals surface area contributed by atoms with Gasteiger partial charge in [-0.05, 0) is 41.7 Å². The molecule has 38 heavy (non-hydrogen) atoms. The molecule has 3 aromatic rings. The van der Waals surface area contributed by atoms with Gasteiger partial charge in [-0.2, -0.15) is 0 Å². The second-order valence-electron chi connectivity index (χ2n) is 9.41. The Morgan fingerprint density at radius 1 is 1.05 bits per heavy atom. The molecule has 5 rings (SSSR count). The lowest BCUT2D eigenvalue weighted by atomic mass is 9.85. The summed E-state index contributed by atoms with van der Waals surface area (Å²) in [6.45, 7) is -0.0843. The molecule has 6 nitrogen and oxygen atoms in total. The number of hydrogen-bond donors (Lipinski definition) is 1. The molecule has 2 heterocycles. The first-order valence-corrected chi connectivity index (χ1v) is 12.0. The molecule has 2 aliphatic rings. The fourth-order valence-corrected chi connectivity index (χ4v) is 5.09. The van der Waals surface area contributed by atoms with Crippen LogP contribution in [0.15, 0.2) is 66.7 Å². The first kappa shape index (κ1) is 25.7. The lowest BCUT2D eigenvalue weighted by Crippen LogP contribution is -2.65. The molecule has 0 radical (unpaired) electrons. The first-order valence-electron chi connectivity index (χ1n) is 12.0. The van der Waals surface area contributed by atoms with Gasteiger partial charge in [0.15, 0.2) is 0 Å². The normalized spacial score (nSPS) is 22.9. The summed E-state index contributed by atoms with van der Waals surface area (Å²) in [5.74, 6) is -3.42. The van der Waals surface area contributed by atoms with Gasteiger partial charge in [0.05, 0.1) is 18.2 Å². The highest BCUT2D eigenvalue weighted by Crippen LogP contribution is 2.36. The number of nitrogens with one attached hydrogen (secondary N) is 1.